The van der Waals surface area contributed by atoms with Crippen LogP contribution in [0.25, 0.3) is 0 Å². The lowest BCUT2D eigenvalue weighted by molar-refractivity contribution is -0.312. The van der Waals surface area contributed by atoms with E-state index in [0.717, 1.165) is 0 Å². The molecule has 0 heterocycles. The van der Waals surface area contributed by atoms with Crippen molar-refractivity contribution in [2.75, 3.05) is 6.16 Å². The van der Waals surface area contributed by atoms with E-state index in [-0.39, 0.29) is 0 Å². The van der Waals surface area contributed by atoms with Gasteiger partial charge in [0.15, 0.2) is 0 Å². The predicted octanol–water partition coefficient (Wildman–Crippen LogP) is -1.58. The third-order valence-corrected chi connectivity index (χ3v) is 0.793. The number of nitrogens with zero attached hydrogens (tertiary/aromatic N) is 1. The first-order valence-electron chi connectivity index (χ1n) is 1.44. The summed E-state index contributed by atoms with van der Waals surface area (Å²) >= 11 is 0. The normalized spacial score (nSPS) is 10.4. The molecule has 0 aromatic carbocycles. The van der Waals surface area contributed by atoms with Crippen LogP contribution in [0.3, 0.4) is 0 Å². The van der Waals surface area contributed by atoms with Crippen molar-refractivity contribution < 1.29 is 14.4 Å². The van der Waals surface area contributed by atoms with Gasteiger partial charge >= 0.3 is 0 Å². The Bertz CT molecular complexity index is 130. The molecule has 0 aliphatic carbocycles. The summed E-state index contributed by atoms with van der Waals surface area (Å²) in [6, 6.07) is 1.22. The van der Waals surface area contributed by atoms with Gasteiger partial charge in [-0.25, -0.2) is 0 Å². The van der Waals surface area contributed by atoms with Gasteiger partial charge in [0.1, 0.15) is 0 Å². The van der Waals surface area contributed by atoms with Gasteiger partial charge in [0.05, 0.1) is 12.2 Å². The van der Waals surface area contributed by atoms with Gasteiger partial charge in [-0.3, -0.25) is 0 Å². The Hall–Kier alpha value is -0.360. The third-order valence-electron chi connectivity index (χ3n) is 0.264. The molecule has 0 unspecified atom stereocenters. The van der Waals surface area contributed by atoms with Crippen LogP contribution in [-0.4, -0.2) is 6.16 Å². The Balaban J connectivity index is 3.65. The van der Waals surface area contributed by atoms with Crippen LogP contribution < -0.4 is 9.79 Å². The number of rotatable bonds is 1. The topological polar surface area (TPSA) is 87.0 Å². The summed E-state index contributed by atoms with van der Waals surface area (Å²) in [5, 5.41) is 7.58. The molecule has 7 heavy (non-hydrogen) atoms. The summed E-state index contributed by atoms with van der Waals surface area (Å²) < 4.78 is 9.48. The van der Waals surface area contributed by atoms with Crippen molar-refractivity contribution in [2.24, 2.45) is 0 Å². The van der Waals surface area contributed by atoms with Gasteiger partial charge in [-0.1, -0.05) is 7.60 Å². The standard InChI is InChI=1S/C2H4NO3P/c3-1-2-7(4,5)6/h2H2,(H2,4,5,6)/p-2. The van der Waals surface area contributed by atoms with E-state index in [9.17, 15) is 14.4 Å². The zero-order valence-corrected chi connectivity index (χ0v) is 4.22. The lowest BCUT2D eigenvalue weighted by Crippen LogP contribution is -2.15. The molecule has 0 aromatic rings. The van der Waals surface area contributed by atoms with Crippen molar-refractivity contribution in [2.45, 2.75) is 0 Å². The van der Waals surface area contributed by atoms with Crippen LogP contribution >= 0.6 is 7.60 Å². The molecule has 40 valence electrons. The largest absolute Gasteiger partial charge is 0.810 e. The first kappa shape index (κ1) is 6.64. The number of hydrogen-bond acceptors (Lipinski definition) is 4. The van der Waals surface area contributed by atoms with Crippen LogP contribution in [0.2, 0.25) is 0 Å². The van der Waals surface area contributed by atoms with Crippen LogP contribution in [0.4, 0.5) is 0 Å². The molecule has 0 radical (unpaired) electrons. The Morgan fingerprint density at radius 2 is 2.14 bits per heavy atom. The second-order valence-corrected chi connectivity index (χ2v) is 2.47. The molecule has 0 rings (SSSR count). The molecule has 0 fully saturated rings. The molecule has 0 amide bonds. The molecule has 0 atom stereocenters. The van der Waals surface area contributed by atoms with Crippen molar-refractivity contribution in [3.8, 4) is 6.07 Å². The Labute approximate surface area is 40.5 Å². The molecular formula is C2H2NO3P-2. The van der Waals surface area contributed by atoms with Crippen molar-refractivity contribution in [3.63, 3.8) is 0 Å². The summed E-state index contributed by atoms with van der Waals surface area (Å²) in [4.78, 5) is 19.0. The summed E-state index contributed by atoms with van der Waals surface area (Å²) in [7, 11) is -4.53. The van der Waals surface area contributed by atoms with E-state index in [2.05, 4.69) is 0 Å². The van der Waals surface area contributed by atoms with Gasteiger partial charge < -0.3 is 14.4 Å². The highest BCUT2D eigenvalue weighted by atomic mass is 31.2. The maximum atomic E-state index is 9.48. The zero-order chi connectivity index (χ0) is 5.91. The SMILES string of the molecule is N#CCP(=O)([O-])[O-]. The van der Waals surface area contributed by atoms with Gasteiger partial charge in [0, 0.05) is 0 Å². The first-order chi connectivity index (χ1) is 3.06. The van der Waals surface area contributed by atoms with Crippen LogP contribution in [0, 0.1) is 11.3 Å². The third kappa shape index (κ3) is 5.64. The zero-order valence-electron chi connectivity index (χ0n) is 3.33. The van der Waals surface area contributed by atoms with E-state index in [1.807, 2.05) is 0 Å². The summed E-state index contributed by atoms with van der Waals surface area (Å²) in [6.07, 6.45) is -0.910. The molecule has 0 saturated heterocycles. The molecule has 0 aliphatic heterocycles. The van der Waals surface area contributed by atoms with E-state index in [4.69, 9.17) is 5.26 Å². The summed E-state index contributed by atoms with van der Waals surface area (Å²) in [5.41, 5.74) is 0. The second kappa shape index (κ2) is 2.08. The summed E-state index contributed by atoms with van der Waals surface area (Å²) in [5.74, 6) is 0. The molecule has 0 bridgehead atoms. The van der Waals surface area contributed by atoms with Crippen LogP contribution in [0.1, 0.15) is 0 Å². The smallest absolute Gasteiger partial charge is 0.0676 e. The van der Waals surface area contributed by atoms with Gasteiger partial charge in [-0.05, 0) is 0 Å². The fourth-order valence-electron chi connectivity index (χ4n) is 0.0866. The van der Waals surface area contributed by atoms with Gasteiger partial charge in [0.2, 0.25) is 0 Å². The van der Waals surface area contributed by atoms with Crippen molar-refractivity contribution in [1.82, 2.24) is 0 Å². The highest BCUT2D eigenvalue weighted by Gasteiger charge is 1.82. The maximum Gasteiger partial charge on any atom is 0.0676 e. The lowest BCUT2D eigenvalue weighted by atomic mass is 10.9. The molecule has 4 nitrogen and oxygen atoms in total. The van der Waals surface area contributed by atoms with Gasteiger partial charge in [-0.2, -0.15) is 5.26 Å². The molecule has 0 N–H and O–H groups in total. The summed E-state index contributed by atoms with van der Waals surface area (Å²) in [6.45, 7) is 0. The monoisotopic (exact) mass is 119 g/mol. The Morgan fingerprint density at radius 3 is 2.14 bits per heavy atom. The molecule has 0 saturated carbocycles. The van der Waals surface area contributed by atoms with Crippen LogP contribution in [-0.2, 0) is 4.57 Å². The Morgan fingerprint density at radius 1 is 1.71 bits per heavy atom. The minimum atomic E-state index is -4.53. The average molecular weight is 119 g/mol. The number of nitriles is 1. The average Bonchev–Trinajstić information content (AvgIpc) is 1.30. The molecular weight excluding hydrogens is 117 g/mol. The van der Waals surface area contributed by atoms with Gasteiger partial charge in [-0.15, -0.1) is 0 Å². The van der Waals surface area contributed by atoms with Crippen LogP contribution in [0.5, 0.6) is 0 Å². The van der Waals surface area contributed by atoms with Gasteiger partial charge in [0.25, 0.3) is 0 Å². The highest BCUT2D eigenvalue weighted by molar-refractivity contribution is 7.49. The minimum Gasteiger partial charge on any atom is -0.810 e. The fourth-order valence-corrected chi connectivity index (χ4v) is 0.260. The maximum absolute atomic E-state index is 9.48. The van der Waals surface area contributed by atoms with Crippen molar-refractivity contribution in [1.29, 1.82) is 5.26 Å². The fraction of sp³-hybridized carbons (Fsp3) is 0.500. The number of hydrogen-bond donors (Lipinski definition) is 0. The first-order valence-corrected chi connectivity index (χ1v) is 3.17. The van der Waals surface area contributed by atoms with Crippen molar-refractivity contribution in [3.05, 3.63) is 0 Å². The molecule has 0 spiro atoms. The molecule has 5 heteroatoms. The minimum absolute atomic E-state index is 0.910. The van der Waals surface area contributed by atoms with E-state index < -0.39 is 13.8 Å². The molecule has 0 aromatic heterocycles. The second-order valence-electron chi connectivity index (χ2n) is 0.927. The van der Waals surface area contributed by atoms with E-state index in [1.54, 1.807) is 0 Å². The lowest BCUT2D eigenvalue weighted by Gasteiger charge is -2.25. The highest BCUT2D eigenvalue weighted by Crippen LogP contribution is 2.20. The van der Waals surface area contributed by atoms with Crippen molar-refractivity contribution >= 4 is 7.60 Å². The van der Waals surface area contributed by atoms with E-state index in [1.165, 1.54) is 6.07 Å². The Kier molecular flexibility index (Phi) is 1.97. The van der Waals surface area contributed by atoms with E-state index in [0.29, 0.717) is 0 Å². The van der Waals surface area contributed by atoms with Crippen LogP contribution in [0.15, 0.2) is 0 Å². The quantitative estimate of drug-likeness (QED) is 0.390. The molecule has 0 aliphatic rings. The van der Waals surface area contributed by atoms with E-state index >= 15 is 0 Å². The predicted molar refractivity (Wildman–Crippen MR) is 18.1 cm³/mol.